The second-order valence-electron chi connectivity index (χ2n) is 17.4. The van der Waals surface area contributed by atoms with Crippen molar-refractivity contribution >= 4 is 45.4 Å². The number of rotatable bonds is 18. The Kier molecular flexibility index (Phi) is 30.6. The van der Waals surface area contributed by atoms with Crippen LogP contribution < -0.4 is 20.1 Å². The van der Waals surface area contributed by atoms with Gasteiger partial charge in [-0.1, -0.05) is 60.7 Å². The second kappa shape index (κ2) is 33.2. The molecule has 0 amide bonds. The highest BCUT2D eigenvalue weighted by Gasteiger charge is 2.35. The van der Waals surface area contributed by atoms with E-state index in [4.69, 9.17) is 50.3 Å². The van der Waals surface area contributed by atoms with Gasteiger partial charge in [0.15, 0.2) is 24.4 Å². The van der Waals surface area contributed by atoms with Crippen molar-refractivity contribution in [3.63, 3.8) is 0 Å². The molecule has 6 saturated heterocycles. The zero-order valence-electron chi connectivity index (χ0n) is 40.1. The maximum atomic E-state index is 10.2. The van der Waals surface area contributed by atoms with E-state index in [1.807, 2.05) is 48.5 Å². The largest absolute Gasteiger partial charge is 0.491 e. The molecule has 4 aromatic rings. The second-order valence-corrected chi connectivity index (χ2v) is 17.4. The number of carbonyl (C=O) groups is 4. The molecule has 25 nitrogen and oxygen atoms in total. The van der Waals surface area contributed by atoms with Crippen molar-refractivity contribution in [1.82, 2.24) is 20.4 Å². The van der Waals surface area contributed by atoms with E-state index in [2.05, 4.69) is 56.8 Å². The lowest BCUT2D eigenvalue weighted by Gasteiger charge is -2.45. The smallest absolute Gasteiger partial charge is 0.335 e. The summed E-state index contributed by atoms with van der Waals surface area (Å²) in [5.41, 5.74) is 0. The van der Waals surface area contributed by atoms with Gasteiger partial charge in [0.1, 0.15) is 36.9 Å². The van der Waals surface area contributed by atoms with Crippen LogP contribution in [0.3, 0.4) is 0 Å². The highest BCUT2D eigenvalue weighted by atomic mass is 16.5. The van der Waals surface area contributed by atoms with E-state index in [0.29, 0.717) is 38.4 Å². The topological polar surface area (TPSA) is 477 Å². The first kappa shape index (κ1) is 67.3. The third kappa shape index (κ3) is 21.0. The molecular weight excluding hydrogens is 969 g/mol. The van der Waals surface area contributed by atoms with Gasteiger partial charge in [0.25, 0.3) is 0 Å². The molecule has 22 N–H and O–H groups in total. The summed E-state index contributed by atoms with van der Waals surface area (Å²) in [5.74, 6) is -3.88. The van der Waals surface area contributed by atoms with Gasteiger partial charge >= 0.3 is 23.9 Å². The molecule has 6 aliphatic heterocycles. The van der Waals surface area contributed by atoms with Crippen molar-refractivity contribution in [2.45, 2.75) is 74.4 Å². The normalized spacial score (nSPS) is 22.3. The number of aliphatic hydroxyl groups excluding tert-OH is 6. The predicted molar refractivity (Wildman–Crippen MR) is 265 cm³/mol. The molecule has 4 bridgehead atoms. The molecule has 10 rings (SSSR count). The standard InChI is InChI=1S/2C20H26N2O2.2C4H6O6.5H2O/c2*23-18(12-21-20-13-22-9-7-16(20)8-10-22)14-24-19-6-5-15-3-1-2-4-17(15)11-19;2*5-1(3(7)8)2(6)4(9)10;;;;;/h2*1-6,11,16,18,20-21,23H,7-10,12-14H2;2*1-2,5-6H,(H,7,8)(H,9,10);5*1H2. The summed E-state index contributed by atoms with van der Waals surface area (Å²) in [6.45, 7) is 9.09. The molecule has 0 spiro atoms. The summed E-state index contributed by atoms with van der Waals surface area (Å²) in [4.78, 5) is 44.1. The first-order valence-corrected chi connectivity index (χ1v) is 22.6. The van der Waals surface area contributed by atoms with Crippen LogP contribution >= 0.6 is 0 Å². The Morgan fingerprint density at radius 3 is 1.01 bits per heavy atom. The molecule has 8 unspecified atom stereocenters. The number of nitrogens with zero attached hydrogens (tertiary/aromatic N) is 2. The van der Waals surface area contributed by atoms with Crippen LogP contribution in [-0.2, 0) is 19.2 Å². The van der Waals surface area contributed by atoms with Crippen molar-refractivity contribution in [1.29, 1.82) is 0 Å². The molecule has 8 atom stereocenters. The van der Waals surface area contributed by atoms with Crippen LogP contribution in [0.5, 0.6) is 11.5 Å². The Morgan fingerprint density at radius 1 is 0.466 bits per heavy atom. The van der Waals surface area contributed by atoms with Crippen molar-refractivity contribution in [2.24, 2.45) is 11.8 Å². The van der Waals surface area contributed by atoms with Crippen LogP contribution in [0.15, 0.2) is 84.9 Å². The van der Waals surface area contributed by atoms with Crippen molar-refractivity contribution in [3.05, 3.63) is 84.9 Å². The third-order valence-corrected chi connectivity index (χ3v) is 12.5. The number of aliphatic carboxylic acids is 4. The summed E-state index contributed by atoms with van der Waals surface area (Å²) in [6.07, 6.45) is -4.85. The van der Waals surface area contributed by atoms with Gasteiger partial charge in [-0.3, -0.25) is 0 Å². The Labute approximate surface area is 420 Å². The number of hydrogen-bond acceptors (Lipinski definition) is 16. The fourth-order valence-corrected chi connectivity index (χ4v) is 8.52. The lowest BCUT2D eigenvalue weighted by molar-refractivity contribution is -0.165. The minimum atomic E-state index is -2.27. The van der Waals surface area contributed by atoms with Gasteiger partial charge < -0.3 is 108 Å². The third-order valence-electron chi connectivity index (χ3n) is 12.5. The molecule has 6 fully saturated rings. The average molecular weight is 1040 g/mol. The first-order chi connectivity index (χ1) is 32.5. The van der Waals surface area contributed by atoms with Gasteiger partial charge in [-0.2, -0.15) is 0 Å². The van der Waals surface area contributed by atoms with E-state index in [1.165, 1.54) is 62.6 Å². The summed E-state index contributed by atoms with van der Waals surface area (Å²) in [7, 11) is 0. The number of carboxylic acid groups (broad SMARTS) is 4. The minimum Gasteiger partial charge on any atom is -0.491 e. The van der Waals surface area contributed by atoms with Crippen molar-refractivity contribution in [3.8, 4) is 11.5 Å². The van der Waals surface area contributed by atoms with Gasteiger partial charge in [0.2, 0.25) is 0 Å². The number of aliphatic hydroxyl groups is 6. The van der Waals surface area contributed by atoms with Gasteiger partial charge in [-0.05, 0) is 110 Å². The van der Waals surface area contributed by atoms with Gasteiger partial charge in [0, 0.05) is 38.3 Å². The molecular formula is C48H74N4O21. The molecule has 0 saturated carbocycles. The van der Waals surface area contributed by atoms with Gasteiger partial charge in [0.05, 0.1) is 0 Å². The van der Waals surface area contributed by atoms with Crippen LogP contribution in [0.2, 0.25) is 0 Å². The summed E-state index contributed by atoms with van der Waals surface area (Å²) in [5, 5.41) is 97.3. The van der Waals surface area contributed by atoms with Crippen LogP contribution in [0.25, 0.3) is 21.5 Å². The Bertz CT molecular complexity index is 2050. The highest BCUT2D eigenvalue weighted by Crippen LogP contribution is 2.29. The number of hydrogen-bond donors (Lipinski definition) is 12. The molecule has 0 aromatic heterocycles. The zero-order chi connectivity index (χ0) is 49.3. The van der Waals surface area contributed by atoms with Gasteiger partial charge in [-0.25, -0.2) is 19.2 Å². The SMILES string of the molecule is O.O.O.O.O.O=C(O)C(O)C(O)C(=O)O.O=C(O)C(O)C(O)C(=O)O.OC(CNC1CN2CCC1CC2)COc1ccc2ccccc2c1.OC(CNC1CN2CCC1CC2)COc1ccc2ccccc2c1. The molecule has 6 aliphatic rings. The van der Waals surface area contributed by atoms with Crippen molar-refractivity contribution in [2.75, 3.05) is 65.6 Å². The maximum Gasteiger partial charge on any atom is 0.335 e. The van der Waals surface area contributed by atoms with E-state index >= 15 is 0 Å². The zero-order valence-corrected chi connectivity index (χ0v) is 40.1. The molecule has 25 heteroatoms. The molecule has 0 radical (unpaired) electrons. The Balaban J connectivity index is 0.000000999. The number of nitrogens with one attached hydrogen (secondary N) is 2. The number of ether oxygens (including phenoxy) is 2. The minimum absolute atomic E-state index is 0. The number of fused-ring (bicyclic) bond motifs is 8. The fourth-order valence-electron chi connectivity index (χ4n) is 8.52. The fraction of sp³-hybridized carbons (Fsp3) is 0.500. The van der Waals surface area contributed by atoms with Gasteiger partial charge in [-0.15, -0.1) is 0 Å². The molecule has 73 heavy (non-hydrogen) atoms. The summed E-state index contributed by atoms with van der Waals surface area (Å²) >= 11 is 0. The number of piperidine rings is 6. The first-order valence-electron chi connectivity index (χ1n) is 22.6. The summed E-state index contributed by atoms with van der Waals surface area (Å²) in [6, 6.07) is 29.6. The Morgan fingerprint density at radius 2 is 0.753 bits per heavy atom. The monoisotopic (exact) mass is 1040 g/mol. The van der Waals surface area contributed by atoms with E-state index < -0.39 is 60.5 Å². The van der Waals surface area contributed by atoms with E-state index in [1.54, 1.807) is 0 Å². The van der Waals surface area contributed by atoms with E-state index in [9.17, 15) is 29.4 Å². The van der Waals surface area contributed by atoms with Crippen molar-refractivity contribution < 1.29 is 107 Å². The maximum absolute atomic E-state index is 10.2. The summed E-state index contributed by atoms with van der Waals surface area (Å²) < 4.78 is 11.6. The quantitative estimate of drug-likeness (QED) is 0.0454. The van der Waals surface area contributed by atoms with Crippen LogP contribution in [0.4, 0.5) is 0 Å². The van der Waals surface area contributed by atoms with E-state index in [-0.39, 0.29) is 27.4 Å². The lowest BCUT2D eigenvalue weighted by Crippen LogP contribution is -2.57. The van der Waals surface area contributed by atoms with Crippen LogP contribution in [0, 0.1) is 11.8 Å². The van der Waals surface area contributed by atoms with E-state index in [0.717, 1.165) is 47.2 Å². The van der Waals surface area contributed by atoms with Crippen LogP contribution in [0.1, 0.15) is 25.7 Å². The number of benzene rings is 4. The Hall–Kier alpha value is -5.72. The molecule has 6 heterocycles. The molecule has 0 aliphatic carbocycles. The number of carboxylic acids is 4. The highest BCUT2D eigenvalue weighted by molar-refractivity contribution is 5.85. The average Bonchev–Trinajstić information content (AvgIpc) is 3.36. The molecule has 412 valence electrons. The molecule has 4 aromatic carbocycles. The van der Waals surface area contributed by atoms with Crippen LogP contribution in [-0.4, -0.2) is 226 Å². The predicted octanol–water partition coefficient (Wildman–Crippen LogP) is -3.84. The lowest BCUT2D eigenvalue weighted by atomic mass is 9.84.